The molecular formula is C14H26N2O5S. The number of nitrogens with one attached hydrogen (secondary N) is 1. The van der Waals surface area contributed by atoms with Crippen LogP contribution in [0.25, 0.3) is 0 Å². The van der Waals surface area contributed by atoms with Crippen molar-refractivity contribution in [2.24, 2.45) is 5.92 Å². The minimum Gasteiger partial charge on any atom is -0.436 e. The van der Waals surface area contributed by atoms with E-state index in [0.717, 1.165) is 5.75 Å². The average Bonchev–Trinajstić information content (AvgIpc) is 2.50. The maximum atomic E-state index is 12.6. The molecule has 2 atom stereocenters. The lowest BCUT2D eigenvalue weighted by atomic mass is 10.1. The minimum atomic E-state index is -0.968. The van der Waals surface area contributed by atoms with E-state index in [1.165, 1.54) is 11.9 Å². The van der Waals surface area contributed by atoms with Crippen molar-refractivity contribution in [3.05, 3.63) is 0 Å². The van der Waals surface area contributed by atoms with Gasteiger partial charge in [0.25, 0.3) is 5.91 Å². The highest BCUT2D eigenvalue weighted by molar-refractivity contribution is 7.99. The first-order valence-electron chi connectivity index (χ1n) is 7.18. The summed E-state index contributed by atoms with van der Waals surface area (Å²) in [5, 5.41) is 2.31. The van der Waals surface area contributed by atoms with Gasteiger partial charge >= 0.3 is 6.09 Å². The first kappa shape index (κ1) is 20.7. The molecule has 0 rings (SSSR count). The van der Waals surface area contributed by atoms with Crippen molar-refractivity contribution in [1.82, 2.24) is 10.2 Å². The van der Waals surface area contributed by atoms with E-state index < -0.39 is 24.1 Å². The number of rotatable bonds is 10. The predicted octanol–water partition coefficient (Wildman–Crippen LogP) is 1.47. The number of carbonyl (C=O) groups excluding carboxylic acids is 3. The number of hydrogen-bond acceptors (Lipinski definition) is 6. The van der Waals surface area contributed by atoms with Gasteiger partial charge in [0.15, 0.2) is 6.10 Å². The highest BCUT2D eigenvalue weighted by Gasteiger charge is 2.32. The Morgan fingerprint density at radius 3 is 2.41 bits per heavy atom. The zero-order chi connectivity index (χ0) is 17.1. The highest BCUT2D eigenvalue weighted by Crippen LogP contribution is 2.13. The van der Waals surface area contributed by atoms with E-state index in [-0.39, 0.29) is 12.6 Å². The lowest BCUT2D eigenvalue weighted by molar-refractivity contribution is -0.152. The van der Waals surface area contributed by atoms with Crippen molar-refractivity contribution >= 4 is 30.0 Å². The summed E-state index contributed by atoms with van der Waals surface area (Å²) in [5.74, 6) is 0.649. The fourth-order valence-corrected chi connectivity index (χ4v) is 1.90. The van der Waals surface area contributed by atoms with Crippen molar-refractivity contribution in [3.8, 4) is 0 Å². The molecule has 0 saturated heterocycles. The molecule has 0 aliphatic heterocycles. The molecule has 0 fully saturated rings. The van der Waals surface area contributed by atoms with Crippen molar-refractivity contribution in [3.63, 3.8) is 0 Å². The van der Waals surface area contributed by atoms with Gasteiger partial charge in [0.1, 0.15) is 13.0 Å². The van der Waals surface area contributed by atoms with Crippen molar-refractivity contribution in [2.45, 2.75) is 39.8 Å². The Labute approximate surface area is 136 Å². The molecule has 8 heteroatoms. The van der Waals surface area contributed by atoms with Crippen LogP contribution in [-0.2, 0) is 19.1 Å². The van der Waals surface area contributed by atoms with E-state index in [4.69, 9.17) is 9.47 Å². The summed E-state index contributed by atoms with van der Waals surface area (Å²) in [6.45, 7) is 7.10. The van der Waals surface area contributed by atoms with Crippen molar-refractivity contribution < 1.29 is 23.9 Å². The smallest absolute Gasteiger partial charge is 0.407 e. The largest absolute Gasteiger partial charge is 0.436 e. The Hall–Kier alpha value is -1.28. The molecule has 0 saturated carbocycles. The molecule has 22 heavy (non-hydrogen) atoms. The fourth-order valence-electron chi connectivity index (χ4n) is 1.54. The third-order valence-corrected chi connectivity index (χ3v) is 3.60. The SMILES string of the molecule is CCSCOCN(C(=O)C(OC(=O)NC)C(C)C)C(C)C=O. The average molecular weight is 334 g/mol. The van der Waals surface area contributed by atoms with Gasteiger partial charge in [-0.25, -0.2) is 4.79 Å². The molecule has 0 aromatic rings. The summed E-state index contributed by atoms with van der Waals surface area (Å²) >= 11 is 1.57. The monoisotopic (exact) mass is 334 g/mol. The summed E-state index contributed by atoms with van der Waals surface area (Å²) in [7, 11) is 1.42. The Bertz CT molecular complexity index is 365. The van der Waals surface area contributed by atoms with E-state index in [9.17, 15) is 14.4 Å². The van der Waals surface area contributed by atoms with Crippen LogP contribution >= 0.6 is 11.8 Å². The molecule has 0 bridgehead atoms. The molecule has 2 amide bonds. The van der Waals surface area contributed by atoms with E-state index >= 15 is 0 Å². The summed E-state index contributed by atoms with van der Waals surface area (Å²) in [5.41, 5.74) is 0. The van der Waals surface area contributed by atoms with Gasteiger partial charge in [-0.05, 0) is 18.6 Å². The van der Waals surface area contributed by atoms with Crippen LogP contribution in [0.15, 0.2) is 0 Å². The first-order chi connectivity index (χ1) is 10.4. The van der Waals surface area contributed by atoms with Gasteiger partial charge in [0.05, 0.1) is 12.0 Å². The normalized spacial score (nSPS) is 13.4. The molecule has 7 nitrogen and oxygen atoms in total. The first-order valence-corrected chi connectivity index (χ1v) is 8.34. The molecule has 2 unspecified atom stereocenters. The Morgan fingerprint density at radius 2 is 1.95 bits per heavy atom. The third-order valence-electron chi connectivity index (χ3n) is 2.86. The van der Waals surface area contributed by atoms with E-state index in [0.29, 0.717) is 12.2 Å². The summed E-state index contributed by atoms with van der Waals surface area (Å²) in [6.07, 6.45) is -0.996. The van der Waals surface area contributed by atoms with Gasteiger partial charge in [-0.1, -0.05) is 20.8 Å². The van der Waals surface area contributed by atoms with Crippen LogP contribution in [-0.4, -0.2) is 60.8 Å². The third kappa shape index (κ3) is 7.13. The van der Waals surface area contributed by atoms with Crippen LogP contribution < -0.4 is 5.32 Å². The fraction of sp³-hybridized carbons (Fsp3) is 0.786. The van der Waals surface area contributed by atoms with Gasteiger partial charge in [-0.15, -0.1) is 11.8 Å². The topological polar surface area (TPSA) is 84.9 Å². The molecule has 0 aromatic carbocycles. The number of nitrogens with zero attached hydrogens (tertiary/aromatic N) is 1. The molecule has 1 N–H and O–H groups in total. The second kappa shape index (κ2) is 11.3. The van der Waals surface area contributed by atoms with Crippen LogP contribution in [0.5, 0.6) is 0 Å². The van der Waals surface area contributed by atoms with Crippen LogP contribution in [0.2, 0.25) is 0 Å². The van der Waals surface area contributed by atoms with Gasteiger partial charge in [-0.3, -0.25) is 4.79 Å². The van der Waals surface area contributed by atoms with Gasteiger partial charge in [0, 0.05) is 7.05 Å². The highest BCUT2D eigenvalue weighted by atomic mass is 32.2. The Balaban J connectivity index is 4.94. The van der Waals surface area contributed by atoms with Crippen LogP contribution in [0.1, 0.15) is 27.7 Å². The lowest BCUT2D eigenvalue weighted by Gasteiger charge is -2.30. The maximum Gasteiger partial charge on any atom is 0.407 e. The van der Waals surface area contributed by atoms with Gasteiger partial charge < -0.3 is 24.5 Å². The van der Waals surface area contributed by atoms with Gasteiger partial charge in [-0.2, -0.15) is 0 Å². The van der Waals surface area contributed by atoms with E-state index in [2.05, 4.69) is 5.32 Å². The number of amides is 2. The van der Waals surface area contributed by atoms with Gasteiger partial charge in [0.2, 0.25) is 0 Å². The Kier molecular flexibility index (Phi) is 10.7. The standard InChI is InChI=1S/C14H26N2O5S/c1-6-22-9-20-8-16(11(4)7-17)13(18)12(10(2)3)21-14(19)15-5/h7,10-12H,6,8-9H2,1-5H3,(H,15,19). The number of carbonyl (C=O) groups is 3. The number of hydrogen-bond donors (Lipinski definition) is 1. The van der Waals surface area contributed by atoms with Crippen molar-refractivity contribution in [2.75, 3.05) is 25.5 Å². The van der Waals surface area contributed by atoms with E-state index in [1.54, 1.807) is 32.5 Å². The van der Waals surface area contributed by atoms with E-state index in [1.807, 2.05) is 6.92 Å². The molecule has 0 radical (unpaired) electrons. The van der Waals surface area contributed by atoms with Crippen molar-refractivity contribution in [1.29, 1.82) is 0 Å². The zero-order valence-corrected chi connectivity index (χ0v) is 14.6. The molecular weight excluding hydrogens is 308 g/mol. The Morgan fingerprint density at radius 1 is 1.32 bits per heavy atom. The second-order valence-electron chi connectivity index (χ2n) is 4.95. The molecule has 0 heterocycles. The molecule has 0 spiro atoms. The summed E-state index contributed by atoms with van der Waals surface area (Å²) in [6, 6.07) is -0.659. The number of thioether (sulfide) groups is 1. The maximum absolute atomic E-state index is 12.6. The number of aldehydes is 1. The molecule has 128 valence electrons. The molecule has 0 aromatic heterocycles. The lowest BCUT2D eigenvalue weighted by Crippen LogP contribution is -2.49. The molecule has 0 aliphatic carbocycles. The van der Waals surface area contributed by atoms with Crippen LogP contribution in [0.3, 0.4) is 0 Å². The second-order valence-corrected chi connectivity index (χ2v) is 6.17. The van der Waals surface area contributed by atoms with Crippen LogP contribution in [0, 0.1) is 5.92 Å². The quantitative estimate of drug-likeness (QED) is 0.370. The number of alkyl carbamates (subject to hydrolysis) is 1. The number of ether oxygens (including phenoxy) is 2. The minimum absolute atomic E-state index is 0.0218. The predicted molar refractivity (Wildman–Crippen MR) is 85.5 cm³/mol. The molecule has 0 aliphatic rings. The summed E-state index contributed by atoms with van der Waals surface area (Å²) < 4.78 is 10.5. The summed E-state index contributed by atoms with van der Waals surface area (Å²) in [4.78, 5) is 36.3. The zero-order valence-electron chi connectivity index (χ0n) is 13.8. The van der Waals surface area contributed by atoms with Crippen LogP contribution in [0.4, 0.5) is 4.79 Å².